The summed E-state index contributed by atoms with van der Waals surface area (Å²) >= 11 is 6.07. The fourth-order valence-corrected chi connectivity index (χ4v) is 2.87. The van der Waals surface area contributed by atoms with Gasteiger partial charge in [-0.1, -0.05) is 48.0 Å². The minimum atomic E-state index is 0.455. The van der Waals surface area contributed by atoms with Gasteiger partial charge in [0.2, 0.25) is 0 Å². The van der Waals surface area contributed by atoms with Crippen LogP contribution in [-0.2, 0) is 6.54 Å². The predicted octanol–water partition coefficient (Wildman–Crippen LogP) is 4.63. The van der Waals surface area contributed by atoms with Crippen LogP contribution in [0, 0.1) is 0 Å². The van der Waals surface area contributed by atoms with Crippen molar-refractivity contribution >= 4 is 22.4 Å². The Morgan fingerprint density at radius 3 is 2.38 bits per heavy atom. The zero-order valence-corrected chi connectivity index (χ0v) is 12.5. The van der Waals surface area contributed by atoms with Gasteiger partial charge in [0.15, 0.2) is 0 Å². The highest BCUT2D eigenvalue weighted by molar-refractivity contribution is 6.30. The van der Waals surface area contributed by atoms with Gasteiger partial charge in [-0.2, -0.15) is 0 Å². The monoisotopic (exact) mass is 297 g/mol. The average molecular weight is 298 g/mol. The second-order valence-corrected chi connectivity index (χ2v) is 5.30. The highest BCUT2D eigenvalue weighted by Gasteiger charge is 2.11. The van der Waals surface area contributed by atoms with E-state index in [-0.39, 0.29) is 0 Å². The van der Waals surface area contributed by atoms with Crippen LogP contribution in [-0.4, -0.2) is 7.11 Å². The van der Waals surface area contributed by atoms with Gasteiger partial charge in [-0.15, -0.1) is 0 Å². The first kappa shape index (κ1) is 13.9. The molecule has 0 unspecified atom stereocenters. The van der Waals surface area contributed by atoms with E-state index in [1.54, 1.807) is 7.11 Å². The molecule has 0 aliphatic carbocycles. The Bertz CT molecular complexity index is 798. The van der Waals surface area contributed by atoms with E-state index in [0.717, 1.165) is 33.2 Å². The van der Waals surface area contributed by atoms with Gasteiger partial charge in [0, 0.05) is 17.0 Å². The fraction of sp³-hybridized carbons (Fsp3) is 0.111. The molecule has 0 fully saturated rings. The molecule has 0 radical (unpaired) electrons. The molecule has 0 aliphatic heterocycles. The Morgan fingerprint density at radius 2 is 1.67 bits per heavy atom. The molecule has 3 rings (SSSR count). The first-order valence-electron chi connectivity index (χ1n) is 6.79. The molecule has 0 spiro atoms. The van der Waals surface area contributed by atoms with Gasteiger partial charge >= 0.3 is 0 Å². The van der Waals surface area contributed by atoms with Crippen molar-refractivity contribution in [3.63, 3.8) is 0 Å². The lowest BCUT2D eigenvalue weighted by molar-refractivity contribution is 0.420. The number of ether oxygens (including phenoxy) is 1. The molecule has 0 atom stereocenters. The van der Waals surface area contributed by atoms with Crippen molar-refractivity contribution in [2.75, 3.05) is 7.11 Å². The molecule has 2 N–H and O–H groups in total. The van der Waals surface area contributed by atoms with Crippen LogP contribution in [0.3, 0.4) is 0 Å². The van der Waals surface area contributed by atoms with Crippen molar-refractivity contribution < 1.29 is 4.74 Å². The molecule has 21 heavy (non-hydrogen) atoms. The van der Waals surface area contributed by atoms with Crippen LogP contribution in [0.25, 0.3) is 21.9 Å². The molecule has 0 aromatic heterocycles. The van der Waals surface area contributed by atoms with Crippen molar-refractivity contribution in [1.29, 1.82) is 0 Å². The van der Waals surface area contributed by atoms with E-state index >= 15 is 0 Å². The second-order valence-electron chi connectivity index (χ2n) is 4.87. The summed E-state index contributed by atoms with van der Waals surface area (Å²) in [6.45, 7) is 0.455. The topological polar surface area (TPSA) is 35.2 Å². The number of hydrogen-bond acceptors (Lipinski definition) is 2. The van der Waals surface area contributed by atoms with Crippen molar-refractivity contribution in [2.45, 2.75) is 6.54 Å². The van der Waals surface area contributed by atoms with Crippen LogP contribution in [0.2, 0.25) is 5.02 Å². The number of hydrogen-bond donors (Lipinski definition) is 1. The average Bonchev–Trinajstić information content (AvgIpc) is 2.54. The summed E-state index contributed by atoms with van der Waals surface area (Å²) < 4.78 is 5.45. The van der Waals surface area contributed by atoms with Crippen molar-refractivity contribution in [1.82, 2.24) is 0 Å². The van der Waals surface area contributed by atoms with E-state index in [1.165, 1.54) is 0 Å². The Labute approximate surface area is 129 Å². The fourth-order valence-electron chi connectivity index (χ4n) is 2.68. The smallest absolute Gasteiger partial charge is 0.126 e. The van der Waals surface area contributed by atoms with E-state index in [1.807, 2.05) is 36.4 Å². The largest absolute Gasteiger partial charge is 0.496 e. The molecule has 0 saturated carbocycles. The quantitative estimate of drug-likeness (QED) is 0.765. The summed E-state index contributed by atoms with van der Waals surface area (Å²) in [5, 5.41) is 2.95. The molecule has 3 aromatic carbocycles. The lowest BCUT2D eigenvalue weighted by atomic mass is 9.94. The Kier molecular flexibility index (Phi) is 3.82. The summed E-state index contributed by atoms with van der Waals surface area (Å²) in [4.78, 5) is 0. The molecular formula is C18H16ClNO. The summed E-state index contributed by atoms with van der Waals surface area (Å²) in [5.41, 5.74) is 9.17. The Hall–Kier alpha value is -2.03. The third-order valence-electron chi connectivity index (χ3n) is 3.68. The number of fused-ring (bicyclic) bond motifs is 1. The highest BCUT2D eigenvalue weighted by Crippen LogP contribution is 2.36. The third-order valence-corrected chi connectivity index (χ3v) is 3.92. The van der Waals surface area contributed by atoms with E-state index in [4.69, 9.17) is 22.1 Å². The Morgan fingerprint density at radius 1 is 0.952 bits per heavy atom. The number of rotatable bonds is 3. The molecule has 0 amide bonds. The molecule has 2 nitrogen and oxygen atoms in total. The second kappa shape index (κ2) is 5.76. The minimum absolute atomic E-state index is 0.455. The Balaban J connectivity index is 2.31. The molecule has 0 bridgehead atoms. The van der Waals surface area contributed by atoms with E-state index < -0.39 is 0 Å². The molecular weight excluding hydrogens is 282 g/mol. The van der Waals surface area contributed by atoms with Gasteiger partial charge in [-0.3, -0.25) is 0 Å². The predicted molar refractivity (Wildman–Crippen MR) is 88.8 cm³/mol. The van der Waals surface area contributed by atoms with E-state index in [0.29, 0.717) is 11.6 Å². The number of nitrogens with two attached hydrogens (primary N) is 1. The van der Waals surface area contributed by atoms with Crippen LogP contribution in [0.15, 0.2) is 54.6 Å². The van der Waals surface area contributed by atoms with E-state index in [2.05, 4.69) is 18.2 Å². The van der Waals surface area contributed by atoms with Gasteiger partial charge in [-0.05, 0) is 40.3 Å². The molecule has 0 aliphatic rings. The normalized spacial score (nSPS) is 10.8. The number of methoxy groups -OCH3 is 1. The van der Waals surface area contributed by atoms with Gasteiger partial charge in [0.05, 0.1) is 7.11 Å². The summed E-state index contributed by atoms with van der Waals surface area (Å²) in [6, 6.07) is 18.1. The van der Waals surface area contributed by atoms with Gasteiger partial charge in [-0.25, -0.2) is 0 Å². The maximum atomic E-state index is 6.07. The molecule has 0 heterocycles. The first-order valence-corrected chi connectivity index (χ1v) is 7.17. The SMILES string of the molecule is COc1ccc(-c2ccc(Cl)cc2CN)c2ccccc12. The summed E-state index contributed by atoms with van der Waals surface area (Å²) in [6.07, 6.45) is 0. The zero-order chi connectivity index (χ0) is 14.8. The molecule has 3 heteroatoms. The third kappa shape index (κ3) is 2.48. The summed E-state index contributed by atoms with van der Waals surface area (Å²) in [5.74, 6) is 0.873. The lowest BCUT2D eigenvalue weighted by Gasteiger charge is -2.13. The number of benzene rings is 3. The summed E-state index contributed by atoms with van der Waals surface area (Å²) in [7, 11) is 1.69. The van der Waals surface area contributed by atoms with Crippen LogP contribution >= 0.6 is 11.6 Å². The molecule has 0 saturated heterocycles. The molecule has 106 valence electrons. The van der Waals surface area contributed by atoms with Crippen LogP contribution in [0.1, 0.15) is 5.56 Å². The zero-order valence-electron chi connectivity index (χ0n) is 11.8. The van der Waals surface area contributed by atoms with Crippen LogP contribution < -0.4 is 10.5 Å². The van der Waals surface area contributed by atoms with Crippen molar-refractivity contribution in [3.05, 3.63) is 65.2 Å². The van der Waals surface area contributed by atoms with Crippen LogP contribution in [0.5, 0.6) is 5.75 Å². The first-order chi connectivity index (χ1) is 10.2. The van der Waals surface area contributed by atoms with E-state index in [9.17, 15) is 0 Å². The maximum absolute atomic E-state index is 6.07. The minimum Gasteiger partial charge on any atom is -0.496 e. The van der Waals surface area contributed by atoms with Gasteiger partial charge in [0.25, 0.3) is 0 Å². The van der Waals surface area contributed by atoms with Gasteiger partial charge in [0.1, 0.15) is 5.75 Å². The number of halogens is 1. The highest BCUT2D eigenvalue weighted by atomic mass is 35.5. The lowest BCUT2D eigenvalue weighted by Crippen LogP contribution is -1.99. The molecule has 3 aromatic rings. The van der Waals surface area contributed by atoms with Gasteiger partial charge < -0.3 is 10.5 Å². The van der Waals surface area contributed by atoms with Crippen molar-refractivity contribution in [3.8, 4) is 16.9 Å². The van der Waals surface area contributed by atoms with Crippen molar-refractivity contribution in [2.24, 2.45) is 5.73 Å². The maximum Gasteiger partial charge on any atom is 0.126 e. The van der Waals surface area contributed by atoms with Crippen LogP contribution in [0.4, 0.5) is 0 Å². The standard InChI is InChI=1S/C18H16ClNO/c1-21-18-9-8-16(15-4-2-3-5-17(15)18)14-7-6-13(19)10-12(14)11-20/h2-10H,11,20H2,1H3.